The van der Waals surface area contributed by atoms with Gasteiger partial charge in [0.1, 0.15) is 17.3 Å². The van der Waals surface area contributed by atoms with Crippen LogP contribution in [0, 0.1) is 5.41 Å². The summed E-state index contributed by atoms with van der Waals surface area (Å²) in [5.74, 6) is 0.195. The molecule has 0 aromatic heterocycles. The number of hydrogen-bond acceptors (Lipinski definition) is 3. The van der Waals surface area contributed by atoms with Crippen molar-refractivity contribution in [1.29, 1.82) is 0 Å². The highest BCUT2D eigenvalue weighted by atomic mass is 16.5. The molecule has 112 valence electrons. The van der Waals surface area contributed by atoms with Gasteiger partial charge in [-0.1, -0.05) is 12.2 Å². The van der Waals surface area contributed by atoms with E-state index in [0.29, 0.717) is 17.1 Å². The molecular formula is C18H22O3. The molecule has 0 spiro atoms. The highest BCUT2D eigenvalue weighted by Gasteiger charge is 2.62. The summed E-state index contributed by atoms with van der Waals surface area (Å²) in [4.78, 5) is 13.1. The first kappa shape index (κ1) is 10.9. The van der Waals surface area contributed by atoms with Gasteiger partial charge in [-0.3, -0.25) is 4.79 Å². The van der Waals surface area contributed by atoms with Crippen LogP contribution in [0.3, 0.4) is 0 Å². The summed E-state index contributed by atoms with van der Waals surface area (Å²) < 4.78 is 34.2. The highest BCUT2D eigenvalue weighted by molar-refractivity contribution is 5.91. The van der Waals surface area contributed by atoms with E-state index < -0.39 is 18.1 Å². The molecule has 0 aliphatic heterocycles. The van der Waals surface area contributed by atoms with Crippen LogP contribution < -0.4 is 9.47 Å². The maximum atomic E-state index is 13.1. The number of methoxy groups -OCH3 is 2. The number of rotatable bonds is 4. The zero-order valence-electron chi connectivity index (χ0n) is 15.7. The van der Waals surface area contributed by atoms with E-state index in [2.05, 4.69) is 6.58 Å². The molecule has 2 bridgehead atoms. The van der Waals surface area contributed by atoms with Gasteiger partial charge in [0.25, 0.3) is 0 Å². The Morgan fingerprint density at radius 3 is 2.05 bits per heavy atom. The van der Waals surface area contributed by atoms with Gasteiger partial charge in [0.2, 0.25) is 0 Å². The Kier molecular flexibility index (Phi) is 2.39. The van der Waals surface area contributed by atoms with Crippen LogP contribution in [0.15, 0.2) is 24.3 Å². The molecule has 3 rings (SSSR count). The van der Waals surface area contributed by atoms with Crippen LogP contribution in [-0.2, 0) is 4.79 Å². The zero-order valence-corrected chi connectivity index (χ0v) is 12.7. The van der Waals surface area contributed by atoms with E-state index >= 15 is 0 Å². The van der Waals surface area contributed by atoms with Crippen molar-refractivity contribution in [2.24, 2.45) is 5.41 Å². The summed E-state index contributed by atoms with van der Waals surface area (Å²) in [5.41, 5.74) is 1.33. The summed E-state index contributed by atoms with van der Waals surface area (Å²) in [6.45, 7) is 3.13. The molecule has 1 fully saturated rings. The van der Waals surface area contributed by atoms with Crippen molar-refractivity contribution >= 4 is 5.78 Å². The Labute approximate surface area is 130 Å². The minimum atomic E-state index is -2.66. The number of Topliss-reactive ketones (excluding diaryl/α,β-unsaturated/α-hetero) is 1. The Hall–Kier alpha value is -1.77. The first-order chi connectivity index (χ1) is 11.2. The van der Waals surface area contributed by atoms with Crippen LogP contribution in [-0.4, -0.2) is 20.0 Å². The van der Waals surface area contributed by atoms with Crippen molar-refractivity contribution in [1.82, 2.24) is 0 Å². The summed E-state index contributed by atoms with van der Waals surface area (Å²) in [6.07, 6.45) is 1.49. The van der Waals surface area contributed by atoms with Crippen molar-refractivity contribution < 1.29 is 18.4 Å². The molecule has 1 saturated carbocycles. The smallest absolute Gasteiger partial charge is 0.141 e. The molecule has 0 amide bonds. The maximum absolute atomic E-state index is 13.1. The van der Waals surface area contributed by atoms with E-state index in [0.717, 1.165) is 24.0 Å². The first-order valence-electron chi connectivity index (χ1n) is 8.66. The Bertz CT molecular complexity index is 682. The number of carbonyl (C=O) groups is 1. The van der Waals surface area contributed by atoms with Crippen molar-refractivity contribution in [2.45, 2.75) is 38.5 Å². The molecule has 0 heterocycles. The minimum absolute atomic E-state index is 0.229. The third-order valence-electron chi connectivity index (χ3n) is 5.27. The standard InChI is InChI=1S/C18H22O3/c1-10(2)18(11(3)19)12-6-7-13(18)17-15(21-5)9-8-14(20-4)16(12)17/h8-9,12-13H,1,6-7H2,2-5H3/i3D3. The summed E-state index contributed by atoms with van der Waals surface area (Å²) in [7, 11) is 3.17. The molecule has 2 unspecified atom stereocenters. The molecule has 21 heavy (non-hydrogen) atoms. The number of benzene rings is 1. The molecule has 2 atom stereocenters. The minimum Gasteiger partial charge on any atom is -0.496 e. The van der Waals surface area contributed by atoms with E-state index in [1.807, 2.05) is 12.1 Å². The number of ketones is 1. The quantitative estimate of drug-likeness (QED) is 0.790. The van der Waals surface area contributed by atoms with Crippen LogP contribution >= 0.6 is 0 Å². The fraction of sp³-hybridized carbons (Fsp3) is 0.500. The second kappa shape index (κ2) is 4.62. The highest BCUT2D eigenvalue weighted by Crippen LogP contribution is 2.70. The van der Waals surface area contributed by atoms with Gasteiger partial charge in [0, 0.05) is 27.1 Å². The predicted molar refractivity (Wildman–Crippen MR) is 82.2 cm³/mol. The van der Waals surface area contributed by atoms with Crippen molar-refractivity contribution in [2.75, 3.05) is 14.2 Å². The maximum Gasteiger partial charge on any atom is 0.141 e. The Balaban J connectivity index is 2.30. The molecule has 0 N–H and O–H groups in total. The third-order valence-corrected chi connectivity index (χ3v) is 5.27. The number of carbonyl (C=O) groups excluding carboxylic acids is 1. The van der Waals surface area contributed by atoms with Gasteiger partial charge in [-0.15, -0.1) is 0 Å². The number of ether oxygens (including phenoxy) is 2. The number of hydrogen-bond donors (Lipinski definition) is 0. The van der Waals surface area contributed by atoms with Crippen LogP contribution in [0.25, 0.3) is 0 Å². The van der Waals surface area contributed by atoms with Gasteiger partial charge < -0.3 is 9.47 Å². The number of allylic oxidation sites excluding steroid dienone is 1. The lowest BCUT2D eigenvalue weighted by molar-refractivity contribution is -0.125. The molecule has 1 aromatic rings. The second-order valence-corrected chi connectivity index (χ2v) is 5.96. The van der Waals surface area contributed by atoms with E-state index in [9.17, 15) is 4.79 Å². The van der Waals surface area contributed by atoms with E-state index in [-0.39, 0.29) is 11.8 Å². The van der Waals surface area contributed by atoms with Crippen molar-refractivity contribution in [3.63, 3.8) is 0 Å². The average molecular weight is 289 g/mol. The topological polar surface area (TPSA) is 35.5 Å². The SMILES string of the molecule is [2H]C([2H])([2H])C(=O)C1(C(=C)C)C2CCC1c1c(OC)ccc(OC)c12. The summed E-state index contributed by atoms with van der Waals surface area (Å²) in [6, 6.07) is 3.64. The Morgan fingerprint density at radius 1 is 1.24 bits per heavy atom. The van der Waals surface area contributed by atoms with Crippen LogP contribution in [0.5, 0.6) is 11.5 Å². The summed E-state index contributed by atoms with van der Waals surface area (Å²) in [5, 5.41) is 0. The fourth-order valence-electron chi connectivity index (χ4n) is 4.55. The monoisotopic (exact) mass is 289 g/mol. The van der Waals surface area contributed by atoms with Crippen LogP contribution in [0.1, 0.15) is 53.7 Å². The van der Waals surface area contributed by atoms with E-state index in [1.165, 1.54) is 0 Å². The lowest BCUT2D eigenvalue weighted by atomic mass is 9.68. The molecular weight excluding hydrogens is 264 g/mol. The fourth-order valence-corrected chi connectivity index (χ4v) is 4.55. The lowest BCUT2D eigenvalue weighted by Gasteiger charge is -2.33. The Morgan fingerprint density at radius 2 is 1.71 bits per heavy atom. The van der Waals surface area contributed by atoms with E-state index in [4.69, 9.17) is 13.6 Å². The van der Waals surface area contributed by atoms with Gasteiger partial charge in [0.15, 0.2) is 0 Å². The van der Waals surface area contributed by atoms with Gasteiger partial charge >= 0.3 is 0 Å². The zero-order chi connectivity index (χ0) is 17.9. The largest absolute Gasteiger partial charge is 0.496 e. The average Bonchev–Trinajstić information content (AvgIpc) is 3.05. The molecule has 0 radical (unpaired) electrons. The lowest BCUT2D eigenvalue weighted by Crippen LogP contribution is -2.33. The van der Waals surface area contributed by atoms with Gasteiger partial charge in [-0.25, -0.2) is 0 Å². The summed E-state index contributed by atoms with van der Waals surface area (Å²) >= 11 is 0. The molecule has 3 heteroatoms. The van der Waals surface area contributed by atoms with Crippen LogP contribution in [0.2, 0.25) is 0 Å². The first-order valence-corrected chi connectivity index (χ1v) is 7.16. The van der Waals surface area contributed by atoms with Gasteiger partial charge in [0.05, 0.1) is 19.6 Å². The predicted octanol–water partition coefficient (Wildman–Crippen LogP) is 3.83. The van der Waals surface area contributed by atoms with Gasteiger partial charge in [-0.05, 0) is 38.8 Å². The third kappa shape index (κ3) is 1.52. The molecule has 2 aliphatic rings. The van der Waals surface area contributed by atoms with Crippen molar-refractivity contribution in [3.05, 3.63) is 35.4 Å². The van der Waals surface area contributed by atoms with Crippen LogP contribution in [0.4, 0.5) is 0 Å². The molecule has 1 aromatic carbocycles. The van der Waals surface area contributed by atoms with Gasteiger partial charge in [-0.2, -0.15) is 0 Å². The molecule has 0 saturated heterocycles. The molecule has 2 aliphatic carbocycles. The molecule has 3 nitrogen and oxygen atoms in total. The number of fused-ring (bicyclic) bond motifs is 5. The normalized spacial score (nSPS) is 31.9. The van der Waals surface area contributed by atoms with Crippen molar-refractivity contribution in [3.8, 4) is 11.5 Å². The van der Waals surface area contributed by atoms with E-state index in [1.54, 1.807) is 21.1 Å². The second-order valence-electron chi connectivity index (χ2n) is 5.96.